The van der Waals surface area contributed by atoms with Gasteiger partial charge < -0.3 is 14.7 Å². The number of ether oxygens (including phenoxy) is 1. The Bertz CT molecular complexity index is 180. The molecule has 1 heterocycles. The summed E-state index contributed by atoms with van der Waals surface area (Å²) in [5.74, 6) is 0. The molecule has 0 amide bonds. The van der Waals surface area contributed by atoms with Gasteiger partial charge in [-0.15, -0.1) is 0 Å². The molecule has 1 spiro atoms. The topological polar surface area (TPSA) is 32.7 Å². The van der Waals surface area contributed by atoms with Crippen molar-refractivity contribution in [3.05, 3.63) is 0 Å². The monoisotopic (exact) mass is 199 g/mol. The molecule has 82 valence electrons. The van der Waals surface area contributed by atoms with Gasteiger partial charge >= 0.3 is 0 Å². The summed E-state index contributed by atoms with van der Waals surface area (Å²) in [6.07, 6.45) is 4.64. The lowest BCUT2D eigenvalue weighted by Gasteiger charge is -2.50. The number of hydrogen-bond acceptors (Lipinski definition) is 3. The molecule has 3 heteroatoms. The van der Waals surface area contributed by atoms with Crippen molar-refractivity contribution < 1.29 is 9.84 Å². The molecule has 14 heavy (non-hydrogen) atoms. The first-order valence-electron chi connectivity index (χ1n) is 5.63. The van der Waals surface area contributed by atoms with E-state index in [4.69, 9.17) is 4.74 Å². The Labute approximate surface area is 86.0 Å². The number of hydrogen-bond donors (Lipinski definition) is 1. The first kappa shape index (κ1) is 10.4. The number of aliphatic hydroxyl groups is 1. The molecule has 1 saturated carbocycles. The lowest BCUT2D eigenvalue weighted by atomic mass is 9.61. The van der Waals surface area contributed by atoms with Crippen LogP contribution in [0.1, 0.15) is 25.7 Å². The fraction of sp³-hybridized carbons (Fsp3) is 1.00. The first-order chi connectivity index (χ1) is 6.74. The van der Waals surface area contributed by atoms with E-state index in [0.29, 0.717) is 5.41 Å². The Kier molecular flexibility index (Phi) is 3.10. The fourth-order valence-corrected chi connectivity index (χ4v) is 2.82. The van der Waals surface area contributed by atoms with E-state index in [-0.39, 0.29) is 6.10 Å². The van der Waals surface area contributed by atoms with Gasteiger partial charge in [0.1, 0.15) is 0 Å². The maximum absolute atomic E-state index is 9.34. The maximum atomic E-state index is 9.34. The Morgan fingerprint density at radius 3 is 2.50 bits per heavy atom. The summed E-state index contributed by atoms with van der Waals surface area (Å²) in [7, 11) is 1.76. The van der Waals surface area contributed by atoms with Crippen LogP contribution in [0.3, 0.4) is 0 Å². The highest BCUT2D eigenvalue weighted by atomic mass is 16.5. The van der Waals surface area contributed by atoms with Crippen molar-refractivity contribution in [1.82, 2.24) is 4.90 Å². The molecule has 1 aliphatic heterocycles. The van der Waals surface area contributed by atoms with Crippen LogP contribution >= 0.6 is 0 Å². The summed E-state index contributed by atoms with van der Waals surface area (Å²) in [6.45, 7) is 4.29. The predicted octanol–water partition coefficient (Wildman–Crippen LogP) is 0.870. The molecule has 2 rings (SSSR count). The Hall–Kier alpha value is -0.120. The van der Waals surface area contributed by atoms with Crippen LogP contribution < -0.4 is 0 Å². The summed E-state index contributed by atoms with van der Waals surface area (Å²) in [6, 6.07) is 0. The third-order valence-electron chi connectivity index (χ3n) is 3.87. The van der Waals surface area contributed by atoms with E-state index in [2.05, 4.69) is 4.90 Å². The number of likely N-dealkylation sites (tertiary alicyclic amines) is 1. The number of piperidine rings is 1. The molecular formula is C11H21NO2. The molecule has 0 bridgehead atoms. The van der Waals surface area contributed by atoms with Crippen LogP contribution in [0.4, 0.5) is 0 Å². The predicted molar refractivity (Wildman–Crippen MR) is 55.2 cm³/mol. The SMILES string of the molecule is COCCN1CCC2(CC1)CC(O)C2. The minimum Gasteiger partial charge on any atom is -0.393 e. The minimum atomic E-state index is 0.000486. The van der Waals surface area contributed by atoms with Crippen molar-refractivity contribution in [2.45, 2.75) is 31.8 Å². The van der Waals surface area contributed by atoms with Crippen molar-refractivity contribution in [3.63, 3.8) is 0 Å². The van der Waals surface area contributed by atoms with Crippen LogP contribution in [0, 0.1) is 5.41 Å². The van der Waals surface area contributed by atoms with Crippen LogP contribution in [-0.2, 0) is 4.74 Å². The molecule has 2 fully saturated rings. The van der Waals surface area contributed by atoms with E-state index in [1.165, 1.54) is 25.9 Å². The normalized spacial score (nSPS) is 27.9. The molecule has 0 aromatic heterocycles. The number of nitrogens with zero attached hydrogens (tertiary/aromatic N) is 1. The summed E-state index contributed by atoms with van der Waals surface area (Å²) < 4.78 is 5.07. The highest BCUT2D eigenvalue weighted by Gasteiger charge is 2.44. The number of aliphatic hydroxyl groups excluding tert-OH is 1. The minimum absolute atomic E-state index is 0.000486. The van der Waals surface area contributed by atoms with Crippen molar-refractivity contribution in [1.29, 1.82) is 0 Å². The van der Waals surface area contributed by atoms with Crippen LogP contribution in [-0.4, -0.2) is 49.5 Å². The van der Waals surface area contributed by atoms with Gasteiger partial charge in [-0.1, -0.05) is 0 Å². The number of rotatable bonds is 3. The van der Waals surface area contributed by atoms with Gasteiger partial charge in [0.05, 0.1) is 12.7 Å². The zero-order valence-corrected chi connectivity index (χ0v) is 9.04. The molecule has 0 unspecified atom stereocenters. The highest BCUT2D eigenvalue weighted by Crippen LogP contribution is 2.48. The van der Waals surface area contributed by atoms with Gasteiger partial charge in [-0.25, -0.2) is 0 Å². The van der Waals surface area contributed by atoms with Crippen molar-refractivity contribution in [2.24, 2.45) is 5.41 Å². The quantitative estimate of drug-likeness (QED) is 0.732. The molecule has 2 aliphatic rings. The van der Waals surface area contributed by atoms with E-state index >= 15 is 0 Å². The van der Waals surface area contributed by atoms with E-state index in [1.807, 2.05) is 0 Å². The van der Waals surface area contributed by atoms with Gasteiger partial charge in [-0.05, 0) is 44.2 Å². The van der Waals surface area contributed by atoms with Crippen LogP contribution in [0.2, 0.25) is 0 Å². The van der Waals surface area contributed by atoms with Gasteiger partial charge in [0, 0.05) is 13.7 Å². The second-order valence-electron chi connectivity index (χ2n) is 4.90. The molecule has 0 aromatic rings. The van der Waals surface area contributed by atoms with E-state index in [0.717, 1.165) is 26.0 Å². The first-order valence-corrected chi connectivity index (χ1v) is 5.63. The Balaban J connectivity index is 1.70. The molecule has 0 atom stereocenters. The zero-order chi connectivity index (χ0) is 10.0. The lowest BCUT2D eigenvalue weighted by molar-refractivity contribution is -0.0695. The standard InChI is InChI=1S/C11H21NO2/c1-14-7-6-12-4-2-11(3-5-12)8-10(13)9-11/h10,13H,2-9H2,1H3. The van der Waals surface area contributed by atoms with Gasteiger partial charge in [0.15, 0.2) is 0 Å². The van der Waals surface area contributed by atoms with Crippen molar-refractivity contribution >= 4 is 0 Å². The fourth-order valence-electron chi connectivity index (χ4n) is 2.82. The maximum Gasteiger partial charge on any atom is 0.0589 e. The molecule has 0 aromatic carbocycles. The second kappa shape index (κ2) is 4.17. The molecule has 1 aliphatic carbocycles. The molecule has 1 saturated heterocycles. The lowest BCUT2D eigenvalue weighted by Crippen LogP contribution is -2.49. The number of methoxy groups -OCH3 is 1. The van der Waals surface area contributed by atoms with Gasteiger partial charge in [-0.3, -0.25) is 0 Å². The van der Waals surface area contributed by atoms with Crippen LogP contribution in [0.15, 0.2) is 0 Å². The zero-order valence-electron chi connectivity index (χ0n) is 9.04. The third-order valence-corrected chi connectivity index (χ3v) is 3.87. The Morgan fingerprint density at radius 2 is 2.00 bits per heavy atom. The highest BCUT2D eigenvalue weighted by molar-refractivity contribution is 4.96. The third kappa shape index (κ3) is 2.10. The average Bonchev–Trinajstić information content (AvgIpc) is 2.15. The summed E-state index contributed by atoms with van der Waals surface area (Å²) in [5, 5.41) is 9.34. The largest absolute Gasteiger partial charge is 0.393 e. The van der Waals surface area contributed by atoms with Crippen LogP contribution in [0.5, 0.6) is 0 Å². The Morgan fingerprint density at radius 1 is 1.36 bits per heavy atom. The smallest absolute Gasteiger partial charge is 0.0589 e. The van der Waals surface area contributed by atoms with Gasteiger partial charge in [0.25, 0.3) is 0 Å². The van der Waals surface area contributed by atoms with Crippen molar-refractivity contribution in [3.8, 4) is 0 Å². The van der Waals surface area contributed by atoms with Crippen LogP contribution in [0.25, 0.3) is 0 Å². The molecule has 1 N–H and O–H groups in total. The molecule has 0 radical (unpaired) electrons. The summed E-state index contributed by atoms with van der Waals surface area (Å²) >= 11 is 0. The van der Waals surface area contributed by atoms with E-state index in [1.54, 1.807) is 7.11 Å². The van der Waals surface area contributed by atoms with E-state index in [9.17, 15) is 5.11 Å². The molecular weight excluding hydrogens is 178 g/mol. The summed E-state index contributed by atoms with van der Waals surface area (Å²) in [4.78, 5) is 2.47. The molecule has 3 nitrogen and oxygen atoms in total. The van der Waals surface area contributed by atoms with Gasteiger partial charge in [-0.2, -0.15) is 0 Å². The van der Waals surface area contributed by atoms with Gasteiger partial charge in [0.2, 0.25) is 0 Å². The summed E-state index contributed by atoms with van der Waals surface area (Å²) in [5.41, 5.74) is 0.517. The second-order valence-corrected chi connectivity index (χ2v) is 4.90. The van der Waals surface area contributed by atoms with E-state index < -0.39 is 0 Å². The van der Waals surface area contributed by atoms with Crippen molar-refractivity contribution in [2.75, 3.05) is 33.4 Å². The average molecular weight is 199 g/mol.